The first-order chi connectivity index (χ1) is 7.65. The molecule has 0 aliphatic carbocycles. The molecule has 0 aromatic carbocycles. The van der Waals surface area contributed by atoms with Crippen LogP contribution in [-0.4, -0.2) is 22.8 Å². The first-order valence-electron chi connectivity index (χ1n) is 4.97. The zero-order valence-corrected chi connectivity index (χ0v) is 9.79. The van der Waals surface area contributed by atoms with Crippen molar-refractivity contribution in [1.82, 2.24) is 10.3 Å². The second-order valence-corrected chi connectivity index (χ2v) is 3.62. The second-order valence-electron chi connectivity index (χ2n) is 3.62. The third kappa shape index (κ3) is 3.32. The summed E-state index contributed by atoms with van der Waals surface area (Å²) in [5.74, 6) is 0.0835. The van der Waals surface area contributed by atoms with Gasteiger partial charge in [-0.15, -0.1) is 12.4 Å². The zero-order chi connectivity index (χ0) is 11.5. The van der Waals surface area contributed by atoms with Gasteiger partial charge in [-0.25, -0.2) is 4.98 Å². The molecule has 0 spiro atoms. The van der Waals surface area contributed by atoms with E-state index in [0.717, 1.165) is 0 Å². The number of amides is 2. The Morgan fingerprint density at radius 1 is 1.53 bits per heavy atom. The van der Waals surface area contributed by atoms with Crippen molar-refractivity contribution in [3.63, 3.8) is 0 Å². The van der Waals surface area contributed by atoms with Crippen molar-refractivity contribution < 1.29 is 9.59 Å². The predicted molar refractivity (Wildman–Crippen MR) is 65.7 cm³/mol. The Balaban J connectivity index is 0.00000144. The topological polar surface area (TPSA) is 97.1 Å². The number of anilines is 2. The summed E-state index contributed by atoms with van der Waals surface area (Å²) in [4.78, 5) is 26.4. The normalized spacial score (nSPS) is 18.1. The van der Waals surface area contributed by atoms with Crippen LogP contribution >= 0.6 is 12.4 Å². The van der Waals surface area contributed by atoms with Crippen LogP contribution in [0.15, 0.2) is 18.3 Å². The van der Waals surface area contributed by atoms with E-state index in [1.54, 1.807) is 12.1 Å². The third-order valence-corrected chi connectivity index (χ3v) is 2.37. The number of pyridine rings is 1. The molecule has 1 aromatic rings. The highest BCUT2D eigenvalue weighted by molar-refractivity contribution is 5.98. The molecule has 4 N–H and O–H groups in total. The SMILES string of the molecule is Cl.Nc1ccc(NC(=O)C2CCC(=O)N2)cn1. The summed E-state index contributed by atoms with van der Waals surface area (Å²) >= 11 is 0. The Bertz CT molecular complexity index is 421. The number of hydrogen-bond donors (Lipinski definition) is 3. The summed E-state index contributed by atoms with van der Waals surface area (Å²) < 4.78 is 0. The second kappa shape index (κ2) is 5.49. The minimum Gasteiger partial charge on any atom is -0.384 e. The highest BCUT2D eigenvalue weighted by atomic mass is 35.5. The highest BCUT2D eigenvalue weighted by Crippen LogP contribution is 2.11. The molecule has 1 saturated heterocycles. The lowest BCUT2D eigenvalue weighted by Crippen LogP contribution is -2.37. The average Bonchev–Trinajstić information content (AvgIpc) is 2.68. The fourth-order valence-electron chi connectivity index (χ4n) is 1.52. The molecule has 0 radical (unpaired) electrons. The fourth-order valence-corrected chi connectivity index (χ4v) is 1.52. The van der Waals surface area contributed by atoms with Crippen molar-refractivity contribution in [2.24, 2.45) is 0 Å². The van der Waals surface area contributed by atoms with Gasteiger partial charge in [-0.1, -0.05) is 0 Å². The number of nitrogens with two attached hydrogens (primary N) is 1. The summed E-state index contributed by atoms with van der Waals surface area (Å²) in [6, 6.07) is 2.82. The van der Waals surface area contributed by atoms with E-state index in [1.807, 2.05) is 0 Å². The molecule has 1 aliphatic rings. The Hall–Kier alpha value is -1.82. The lowest BCUT2D eigenvalue weighted by atomic mass is 10.2. The third-order valence-electron chi connectivity index (χ3n) is 2.37. The number of aromatic nitrogens is 1. The Labute approximate surface area is 104 Å². The van der Waals surface area contributed by atoms with Gasteiger partial charge in [0.15, 0.2) is 0 Å². The van der Waals surface area contributed by atoms with Gasteiger partial charge in [-0.05, 0) is 18.6 Å². The maximum absolute atomic E-state index is 11.7. The minimum absolute atomic E-state index is 0. The van der Waals surface area contributed by atoms with Crippen molar-refractivity contribution in [3.8, 4) is 0 Å². The van der Waals surface area contributed by atoms with Crippen molar-refractivity contribution in [3.05, 3.63) is 18.3 Å². The maximum Gasteiger partial charge on any atom is 0.247 e. The summed E-state index contributed by atoms with van der Waals surface area (Å²) in [6.45, 7) is 0. The van der Waals surface area contributed by atoms with Crippen molar-refractivity contribution in [2.45, 2.75) is 18.9 Å². The molecule has 1 aromatic heterocycles. The van der Waals surface area contributed by atoms with Crippen LogP contribution in [0.4, 0.5) is 11.5 Å². The van der Waals surface area contributed by atoms with E-state index in [4.69, 9.17) is 5.73 Å². The number of hydrogen-bond acceptors (Lipinski definition) is 4. The van der Waals surface area contributed by atoms with Gasteiger partial charge in [0.2, 0.25) is 11.8 Å². The average molecular weight is 257 g/mol. The predicted octanol–water partition coefficient (Wildman–Crippen LogP) is 0.303. The minimum atomic E-state index is -0.440. The van der Waals surface area contributed by atoms with Gasteiger partial charge in [0, 0.05) is 6.42 Å². The molecule has 1 unspecified atom stereocenters. The van der Waals surface area contributed by atoms with Crippen molar-refractivity contribution in [1.29, 1.82) is 0 Å². The van der Waals surface area contributed by atoms with Crippen LogP contribution < -0.4 is 16.4 Å². The molecule has 0 bridgehead atoms. The molecule has 2 rings (SSSR count). The number of rotatable bonds is 2. The Morgan fingerprint density at radius 3 is 2.82 bits per heavy atom. The summed E-state index contributed by atoms with van der Waals surface area (Å²) in [6.07, 6.45) is 2.41. The van der Waals surface area contributed by atoms with Crippen molar-refractivity contribution in [2.75, 3.05) is 11.1 Å². The fraction of sp³-hybridized carbons (Fsp3) is 0.300. The van der Waals surface area contributed by atoms with E-state index >= 15 is 0 Å². The van der Waals surface area contributed by atoms with Gasteiger partial charge < -0.3 is 16.4 Å². The number of halogens is 1. The van der Waals surface area contributed by atoms with E-state index < -0.39 is 6.04 Å². The van der Waals surface area contributed by atoms with Gasteiger partial charge in [-0.3, -0.25) is 9.59 Å². The number of carbonyl (C=O) groups is 2. The standard InChI is InChI=1S/C10H12N4O2.ClH/c11-8-3-1-6(5-12-8)13-10(16)7-2-4-9(15)14-7;/h1,3,5,7H,2,4H2,(H2,11,12)(H,13,16)(H,14,15);1H. The van der Waals surface area contributed by atoms with Crippen LogP contribution in [0.3, 0.4) is 0 Å². The van der Waals surface area contributed by atoms with E-state index in [0.29, 0.717) is 24.3 Å². The van der Waals surface area contributed by atoms with E-state index in [1.165, 1.54) is 6.20 Å². The summed E-state index contributed by atoms with van der Waals surface area (Å²) in [5, 5.41) is 5.25. The Kier molecular flexibility index (Phi) is 4.28. The molecule has 1 aliphatic heterocycles. The maximum atomic E-state index is 11.7. The van der Waals surface area contributed by atoms with Crippen LogP contribution in [0.5, 0.6) is 0 Å². The lowest BCUT2D eigenvalue weighted by Gasteiger charge is -2.10. The zero-order valence-electron chi connectivity index (χ0n) is 8.97. The van der Waals surface area contributed by atoms with Crippen LogP contribution in [0, 0.1) is 0 Å². The monoisotopic (exact) mass is 256 g/mol. The van der Waals surface area contributed by atoms with Gasteiger partial charge in [0.05, 0.1) is 11.9 Å². The molecule has 2 heterocycles. The number of nitrogens with zero attached hydrogens (tertiary/aromatic N) is 1. The van der Waals surface area contributed by atoms with E-state index in [-0.39, 0.29) is 24.2 Å². The smallest absolute Gasteiger partial charge is 0.247 e. The molecular weight excluding hydrogens is 244 g/mol. The first kappa shape index (κ1) is 13.2. The van der Waals surface area contributed by atoms with Gasteiger partial charge in [0.25, 0.3) is 0 Å². The number of carbonyl (C=O) groups excluding carboxylic acids is 2. The number of nitrogen functional groups attached to an aromatic ring is 1. The molecule has 6 nitrogen and oxygen atoms in total. The molecule has 1 fully saturated rings. The van der Waals surface area contributed by atoms with E-state index in [9.17, 15) is 9.59 Å². The highest BCUT2D eigenvalue weighted by Gasteiger charge is 2.26. The number of nitrogens with one attached hydrogen (secondary N) is 2. The molecule has 92 valence electrons. The van der Waals surface area contributed by atoms with Crippen molar-refractivity contribution >= 4 is 35.7 Å². The first-order valence-corrected chi connectivity index (χ1v) is 4.97. The van der Waals surface area contributed by atoms with Gasteiger partial charge in [0.1, 0.15) is 11.9 Å². The van der Waals surface area contributed by atoms with Gasteiger partial charge >= 0.3 is 0 Å². The summed E-state index contributed by atoms with van der Waals surface area (Å²) in [5.41, 5.74) is 5.99. The molecule has 1 atom stereocenters. The Morgan fingerprint density at radius 2 is 2.29 bits per heavy atom. The van der Waals surface area contributed by atoms with Crippen LogP contribution in [0.1, 0.15) is 12.8 Å². The largest absolute Gasteiger partial charge is 0.384 e. The molecule has 2 amide bonds. The van der Waals surface area contributed by atoms with Crippen LogP contribution in [0.2, 0.25) is 0 Å². The quantitative estimate of drug-likeness (QED) is 0.709. The van der Waals surface area contributed by atoms with Crippen LogP contribution in [-0.2, 0) is 9.59 Å². The molecule has 17 heavy (non-hydrogen) atoms. The van der Waals surface area contributed by atoms with E-state index in [2.05, 4.69) is 15.6 Å². The van der Waals surface area contributed by atoms with Gasteiger partial charge in [-0.2, -0.15) is 0 Å². The summed E-state index contributed by atoms with van der Waals surface area (Å²) in [7, 11) is 0. The molecule has 0 saturated carbocycles. The lowest BCUT2D eigenvalue weighted by molar-refractivity contribution is -0.122. The molecular formula is C10H13ClN4O2. The molecule has 7 heteroatoms. The van der Waals surface area contributed by atoms with Crippen LogP contribution in [0.25, 0.3) is 0 Å².